The summed E-state index contributed by atoms with van der Waals surface area (Å²) >= 11 is 0. The Bertz CT molecular complexity index is 382. The molecule has 1 aromatic rings. The van der Waals surface area contributed by atoms with Gasteiger partial charge in [-0.15, -0.1) is 24.8 Å². The Morgan fingerprint density at radius 1 is 1.19 bits per heavy atom. The van der Waals surface area contributed by atoms with E-state index in [9.17, 15) is 0 Å². The average Bonchev–Trinajstić information content (AvgIpc) is 2.45. The van der Waals surface area contributed by atoms with Gasteiger partial charge in [-0.2, -0.15) is 0 Å². The molecule has 0 unspecified atom stereocenters. The molecule has 1 aliphatic heterocycles. The van der Waals surface area contributed by atoms with Crippen molar-refractivity contribution in [2.75, 3.05) is 26.2 Å². The highest BCUT2D eigenvalue weighted by Gasteiger charge is 2.22. The SMILES string of the molecule is CCCCC[C@@H](c1cccc(C)n1)N1CCNCC1.Cl.Cl. The Balaban J connectivity index is 0.00000200. The molecule has 0 saturated carbocycles. The zero-order valence-corrected chi connectivity index (χ0v) is 14.8. The van der Waals surface area contributed by atoms with Gasteiger partial charge >= 0.3 is 0 Å². The van der Waals surface area contributed by atoms with Crippen LogP contribution in [0, 0.1) is 6.92 Å². The number of piperazine rings is 1. The van der Waals surface area contributed by atoms with Crippen molar-refractivity contribution in [1.29, 1.82) is 0 Å². The molecule has 3 nitrogen and oxygen atoms in total. The maximum atomic E-state index is 4.77. The van der Waals surface area contributed by atoms with E-state index in [0.29, 0.717) is 6.04 Å². The zero-order chi connectivity index (χ0) is 13.5. The minimum absolute atomic E-state index is 0. The van der Waals surface area contributed by atoms with E-state index in [-0.39, 0.29) is 24.8 Å². The van der Waals surface area contributed by atoms with E-state index in [1.54, 1.807) is 0 Å². The molecule has 122 valence electrons. The first-order valence-electron chi connectivity index (χ1n) is 7.69. The lowest BCUT2D eigenvalue weighted by molar-refractivity contribution is 0.159. The molecule has 0 spiro atoms. The second-order valence-corrected chi connectivity index (χ2v) is 5.50. The van der Waals surface area contributed by atoms with Crippen LogP contribution in [0.5, 0.6) is 0 Å². The number of rotatable bonds is 6. The van der Waals surface area contributed by atoms with Crippen LogP contribution in [-0.4, -0.2) is 36.1 Å². The van der Waals surface area contributed by atoms with Gasteiger partial charge in [0.05, 0.1) is 11.7 Å². The first-order valence-corrected chi connectivity index (χ1v) is 7.69. The monoisotopic (exact) mass is 333 g/mol. The molecule has 1 saturated heterocycles. The van der Waals surface area contributed by atoms with E-state index in [1.807, 2.05) is 0 Å². The topological polar surface area (TPSA) is 28.2 Å². The van der Waals surface area contributed by atoms with Crippen LogP contribution in [0.3, 0.4) is 0 Å². The van der Waals surface area contributed by atoms with Crippen molar-refractivity contribution < 1.29 is 0 Å². The van der Waals surface area contributed by atoms with E-state index in [0.717, 1.165) is 31.9 Å². The smallest absolute Gasteiger partial charge is 0.0578 e. The summed E-state index contributed by atoms with van der Waals surface area (Å²) in [4.78, 5) is 7.37. The fourth-order valence-electron chi connectivity index (χ4n) is 2.85. The van der Waals surface area contributed by atoms with E-state index < -0.39 is 0 Å². The van der Waals surface area contributed by atoms with Gasteiger partial charge in [-0.3, -0.25) is 9.88 Å². The number of aromatic nitrogens is 1. The summed E-state index contributed by atoms with van der Waals surface area (Å²) in [6.45, 7) is 8.86. The summed E-state index contributed by atoms with van der Waals surface area (Å²) in [5.74, 6) is 0. The third-order valence-electron chi connectivity index (χ3n) is 3.92. The number of unbranched alkanes of at least 4 members (excludes halogenated alkanes) is 2. The van der Waals surface area contributed by atoms with Crippen LogP contribution in [-0.2, 0) is 0 Å². The van der Waals surface area contributed by atoms with E-state index in [1.165, 1.54) is 31.4 Å². The molecule has 2 rings (SSSR count). The van der Waals surface area contributed by atoms with Crippen LogP contribution >= 0.6 is 24.8 Å². The van der Waals surface area contributed by atoms with Gasteiger partial charge in [0.25, 0.3) is 0 Å². The largest absolute Gasteiger partial charge is 0.314 e. The van der Waals surface area contributed by atoms with Gasteiger partial charge in [0.1, 0.15) is 0 Å². The van der Waals surface area contributed by atoms with Crippen molar-refractivity contribution in [1.82, 2.24) is 15.2 Å². The number of nitrogens with one attached hydrogen (secondary N) is 1. The predicted octanol–water partition coefficient (Wildman–Crippen LogP) is 3.76. The first kappa shape index (κ1) is 20.6. The Hall–Kier alpha value is -0.350. The molecule has 2 heterocycles. The van der Waals surface area contributed by atoms with Crippen LogP contribution in [0.25, 0.3) is 0 Å². The summed E-state index contributed by atoms with van der Waals surface area (Å²) < 4.78 is 0. The molecule has 0 amide bonds. The van der Waals surface area contributed by atoms with Crippen molar-refractivity contribution in [2.24, 2.45) is 0 Å². The average molecular weight is 334 g/mol. The molecule has 21 heavy (non-hydrogen) atoms. The Morgan fingerprint density at radius 2 is 1.90 bits per heavy atom. The highest BCUT2D eigenvalue weighted by atomic mass is 35.5. The standard InChI is InChI=1S/C16H27N3.2ClH/c1-3-4-5-9-16(19-12-10-17-11-13-19)15-8-6-7-14(2)18-15;;/h6-8,16-17H,3-5,9-13H2,1-2H3;2*1H/t16-;;/m0../s1. The lowest BCUT2D eigenvalue weighted by atomic mass is 10.0. The third-order valence-corrected chi connectivity index (χ3v) is 3.92. The molecule has 0 aliphatic carbocycles. The summed E-state index contributed by atoms with van der Waals surface area (Å²) in [5, 5.41) is 3.44. The molecule has 0 aromatic carbocycles. The van der Waals surface area contributed by atoms with Gasteiger partial charge in [0, 0.05) is 31.9 Å². The number of hydrogen-bond acceptors (Lipinski definition) is 3. The van der Waals surface area contributed by atoms with Crippen LogP contribution in [0.4, 0.5) is 0 Å². The van der Waals surface area contributed by atoms with Gasteiger partial charge < -0.3 is 5.32 Å². The lowest BCUT2D eigenvalue weighted by Gasteiger charge is -2.34. The predicted molar refractivity (Wildman–Crippen MR) is 94.8 cm³/mol. The van der Waals surface area contributed by atoms with Crippen molar-refractivity contribution >= 4 is 24.8 Å². The second-order valence-electron chi connectivity index (χ2n) is 5.50. The Labute approximate surface area is 141 Å². The number of halogens is 2. The minimum atomic E-state index is 0. The molecule has 1 N–H and O–H groups in total. The van der Waals surface area contributed by atoms with E-state index >= 15 is 0 Å². The molecule has 0 radical (unpaired) electrons. The lowest BCUT2D eigenvalue weighted by Crippen LogP contribution is -2.45. The van der Waals surface area contributed by atoms with Gasteiger partial charge in [-0.1, -0.05) is 32.3 Å². The van der Waals surface area contributed by atoms with E-state index in [4.69, 9.17) is 4.98 Å². The van der Waals surface area contributed by atoms with E-state index in [2.05, 4.69) is 42.3 Å². The molecular weight excluding hydrogens is 305 g/mol. The molecule has 1 fully saturated rings. The van der Waals surface area contributed by atoms with Crippen LogP contribution in [0.15, 0.2) is 18.2 Å². The fourth-order valence-corrected chi connectivity index (χ4v) is 2.85. The van der Waals surface area contributed by atoms with Gasteiger partial charge in [0.15, 0.2) is 0 Å². The Kier molecular flexibility index (Phi) is 11.1. The number of aryl methyl sites for hydroxylation is 1. The summed E-state index contributed by atoms with van der Waals surface area (Å²) in [6.07, 6.45) is 5.16. The highest BCUT2D eigenvalue weighted by molar-refractivity contribution is 5.85. The van der Waals surface area contributed by atoms with Crippen molar-refractivity contribution in [3.05, 3.63) is 29.6 Å². The van der Waals surface area contributed by atoms with Crippen molar-refractivity contribution in [3.63, 3.8) is 0 Å². The van der Waals surface area contributed by atoms with Crippen LogP contribution in [0.2, 0.25) is 0 Å². The number of hydrogen-bond donors (Lipinski definition) is 1. The zero-order valence-electron chi connectivity index (χ0n) is 13.2. The summed E-state index contributed by atoms with van der Waals surface area (Å²) in [6, 6.07) is 6.94. The number of nitrogens with zero attached hydrogens (tertiary/aromatic N) is 2. The van der Waals surface area contributed by atoms with Crippen LogP contribution in [0.1, 0.15) is 50.0 Å². The molecule has 1 atom stereocenters. The maximum Gasteiger partial charge on any atom is 0.0578 e. The molecular formula is C16H29Cl2N3. The van der Waals surface area contributed by atoms with Crippen molar-refractivity contribution in [3.8, 4) is 0 Å². The quantitative estimate of drug-likeness (QED) is 0.803. The van der Waals surface area contributed by atoms with Gasteiger partial charge in [-0.25, -0.2) is 0 Å². The fraction of sp³-hybridized carbons (Fsp3) is 0.688. The second kappa shape index (κ2) is 11.2. The van der Waals surface area contributed by atoms with Gasteiger partial charge in [0.2, 0.25) is 0 Å². The molecule has 1 aromatic heterocycles. The highest BCUT2D eigenvalue weighted by Crippen LogP contribution is 2.25. The Morgan fingerprint density at radius 3 is 2.52 bits per heavy atom. The normalized spacial score (nSPS) is 16.7. The minimum Gasteiger partial charge on any atom is -0.314 e. The first-order chi connectivity index (χ1) is 9.31. The molecule has 5 heteroatoms. The molecule has 0 bridgehead atoms. The van der Waals surface area contributed by atoms with Crippen LogP contribution < -0.4 is 5.32 Å². The van der Waals surface area contributed by atoms with Gasteiger partial charge in [-0.05, 0) is 25.5 Å². The molecule has 1 aliphatic rings. The third kappa shape index (κ3) is 6.52. The van der Waals surface area contributed by atoms with Crippen molar-refractivity contribution in [2.45, 2.75) is 45.6 Å². The summed E-state index contributed by atoms with van der Waals surface area (Å²) in [5.41, 5.74) is 2.39. The summed E-state index contributed by atoms with van der Waals surface area (Å²) in [7, 11) is 0. The maximum absolute atomic E-state index is 4.77. The number of pyridine rings is 1.